The summed E-state index contributed by atoms with van der Waals surface area (Å²) in [6.07, 6.45) is 5.16. The predicted octanol–water partition coefficient (Wildman–Crippen LogP) is 0.684. The average molecular weight is 282 g/mol. The zero-order valence-corrected chi connectivity index (χ0v) is 11.9. The quantitative estimate of drug-likeness (QED) is 0.624. The van der Waals surface area contributed by atoms with Gasteiger partial charge >= 0.3 is 5.97 Å². The molecule has 0 bridgehead atoms. The summed E-state index contributed by atoms with van der Waals surface area (Å²) in [6.45, 7) is 4.09. The Morgan fingerprint density at radius 2 is 1.85 bits per heavy atom. The molecule has 0 aliphatic heterocycles. The van der Waals surface area contributed by atoms with Crippen molar-refractivity contribution in [3.05, 3.63) is 12.2 Å². The van der Waals surface area contributed by atoms with Gasteiger partial charge < -0.3 is 15.7 Å². The van der Waals surface area contributed by atoms with Crippen LogP contribution in [0, 0.1) is 11.8 Å². The number of carboxylic acids is 1. The fraction of sp³-hybridized carbons (Fsp3) is 0.643. The molecular weight excluding hydrogens is 260 g/mol. The second kappa shape index (κ2) is 7.67. The Morgan fingerprint density at radius 3 is 2.40 bits per heavy atom. The number of nitrogens with one attached hydrogen (secondary N) is 2. The van der Waals surface area contributed by atoms with Crippen LogP contribution in [0.1, 0.15) is 33.1 Å². The number of carbonyl (C=O) groups is 3. The smallest absolute Gasteiger partial charge is 0.307 e. The average Bonchev–Trinajstić information content (AvgIpc) is 2.44. The molecule has 6 heteroatoms. The van der Waals surface area contributed by atoms with E-state index < -0.39 is 23.8 Å². The molecule has 1 aliphatic carbocycles. The highest BCUT2D eigenvalue weighted by molar-refractivity contribution is 5.90. The van der Waals surface area contributed by atoms with E-state index in [0.29, 0.717) is 19.4 Å². The maximum atomic E-state index is 12.1. The summed E-state index contributed by atoms with van der Waals surface area (Å²) in [5, 5.41) is 14.4. The summed E-state index contributed by atoms with van der Waals surface area (Å²) < 4.78 is 0. The van der Waals surface area contributed by atoms with Crippen molar-refractivity contribution in [2.24, 2.45) is 11.8 Å². The third kappa shape index (κ3) is 4.36. The number of allylic oxidation sites excluding steroid dienone is 2. The van der Waals surface area contributed by atoms with Gasteiger partial charge in [-0.1, -0.05) is 19.1 Å². The molecule has 0 spiro atoms. The van der Waals surface area contributed by atoms with Crippen molar-refractivity contribution in [2.75, 3.05) is 6.54 Å². The molecule has 0 aromatic heterocycles. The molecule has 3 atom stereocenters. The van der Waals surface area contributed by atoms with Crippen molar-refractivity contribution in [3.63, 3.8) is 0 Å². The fourth-order valence-electron chi connectivity index (χ4n) is 2.16. The number of carboxylic acid groups (broad SMARTS) is 1. The van der Waals surface area contributed by atoms with E-state index in [2.05, 4.69) is 10.6 Å². The number of carbonyl (C=O) groups excluding carboxylic acids is 2. The molecular formula is C14H22N2O4. The van der Waals surface area contributed by atoms with Gasteiger partial charge in [0.25, 0.3) is 0 Å². The van der Waals surface area contributed by atoms with Crippen molar-refractivity contribution in [2.45, 2.75) is 39.2 Å². The minimum absolute atomic E-state index is 0.251. The molecule has 3 N–H and O–H groups in total. The molecule has 0 aromatic rings. The van der Waals surface area contributed by atoms with Crippen LogP contribution < -0.4 is 10.6 Å². The summed E-state index contributed by atoms with van der Waals surface area (Å²) in [4.78, 5) is 34.9. The van der Waals surface area contributed by atoms with Crippen LogP contribution in [0.25, 0.3) is 0 Å². The summed E-state index contributed by atoms with van der Waals surface area (Å²) in [6, 6.07) is -0.658. The van der Waals surface area contributed by atoms with Gasteiger partial charge in [-0.05, 0) is 26.2 Å². The van der Waals surface area contributed by atoms with Crippen LogP contribution in [0.5, 0.6) is 0 Å². The lowest BCUT2D eigenvalue weighted by atomic mass is 9.82. The van der Waals surface area contributed by atoms with Crippen molar-refractivity contribution in [1.29, 1.82) is 0 Å². The second-order valence-electron chi connectivity index (χ2n) is 5.02. The molecule has 112 valence electrons. The maximum Gasteiger partial charge on any atom is 0.307 e. The first kappa shape index (κ1) is 16.2. The van der Waals surface area contributed by atoms with Crippen LogP contribution in [-0.4, -0.2) is 35.5 Å². The monoisotopic (exact) mass is 282 g/mol. The number of hydrogen-bond donors (Lipinski definition) is 3. The zero-order valence-electron chi connectivity index (χ0n) is 11.9. The van der Waals surface area contributed by atoms with Gasteiger partial charge in [0.1, 0.15) is 6.04 Å². The standard InChI is InChI=1S/C14H22N2O4/c1-3-8-15-12(17)9(2)16-13(18)10-6-4-5-7-11(10)14(19)20/h4-5,9-11H,3,6-8H2,1-2H3,(H,15,17)(H,16,18)(H,19,20). The van der Waals surface area contributed by atoms with Gasteiger partial charge in [0.05, 0.1) is 11.8 Å². The largest absolute Gasteiger partial charge is 0.481 e. The molecule has 0 heterocycles. The highest BCUT2D eigenvalue weighted by atomic mass is 16.4. The third-order valence-corrected chi connectivity index (χ3v) is 3.39. The number of aliphatic carboxylic acids is 1. The molecule has 0 radical (unpaired) electrons. The van der Waals surface area contributed by atoms with E-state index in [9.17, 15) is 14.4 Å². The predicted molar refractivity (Wildman–Crippen MR) is 73.9 cm³/mol. The van der Waals surface area contributed by atoms with Crippen LogP contribution in [0.4, 0.5) is 0 Å². The summed E-state index contributed by atoms with van der Waals surface area (Å²) in [5.74, 6) is -2.93. The van der Waals surface area contributed by atoms with Gasteiger partial charge in [0.2, 0.25) is 11.8 Å². The Kier molecular flexibility index (Phi) is 6.21. The molecule has 20 heavy (non-hydrogen) atoms. The lowest BCUT2D eigenvalue weighted by Gasteiger charge is -2.25. The van der Waals surface area contributed by atoms with Crippen LogP contribution in [0.2, 0.25) is 0 Å². The van der Waals surface area contributed by atoms with E-state index >= 15 is 0 Å². The van der Waals surface area contributed by atoms with Crippen LogP contribution >= 0.6 is 0 Å². The number of hydrogen-bond acceptors (Lipinski definition) is 3. The Labute approximate surface area is 118 Å². The van der Waals surface area contributed by atoms with Crippen molar-refractivity contribution in [1.82, 2.24) is 10.6 Å². The molecule has 0 fully saturated rings. The Bertz CT molecular complexity index is 406. The van der Waals surface area contributed by atoms with Gasteiger partial charge in [-0.15, -0.1) is 0 Å². The topological polar surface area (TPSA) is 95.5 Å². The molecule has 2 amide bonds. The lowest BCUT2D eigenvalue weighted by Crippen LogP contribution is -2.48. The highest BCUT2D eigenvalue weighted by Gasteiger charge is 2.34. The summed E-state index contributed by atoms with van der Waals surface area (Å²) in [5.41, 5.74) is 0. The second-order valence-corrected chi connectivity index (χ2v) is 5.02. The molecule has 0 aromatic carbocycles. The minimum atomic E-state index is -0.974. The van der Waals surface area contributed by atoms with Crippen LogP contribution in [0.15, 0.2) is 12.2 Å². The van der Waals surface area contributed by atoms with Gasteiger partial charge in [0.15, 0.2) is 0 Å². The van der Waals surface area contributed by atoms with Gasteiger partial charge in [-0.3, -0.25) is 14.4 Å². The molecule has 0 saturated carbocycles. The van der Waals surface area contributed by atoms with E-state index in [1.165, 1.54) is 0 Å². The minimum Gasteiger partial charge on any atom is -0.481 e. The highest BCUT2D eigenvalue weighted by Crippen LogP contribution is 2.26. The first-order chi connectivity index (χ1) is 9.47. The first-order valence-corrected chi connectivity index (χ1v) is 6.93. The van der Waals surface area contributed by atoms with Gasteiger partial charge in [-0.2, -0.15) is 0 Å². The van der Waals surface area contributed by atoms with Crippen molar-refractivity contribution >= 4 is 17.8 Å². The maximum absolute atomic E-state index is 12.1. The van der Waals surface area contributed by atoms with E-state index in [1.54, 1.807) is 13.0 Å². The zero-order chi connectivity index (χ0) is 15.1. The van der Waals surface area contributed by atoms with E-state index in [-0.39, 0.29) is 11.8 Å². The van der Waals surface area contributed by atoms with Crippen molar-refractivity contribution in [3.8, 4) is 0 Å². The molecule has 1 rings (SSSR count). The molecule has 3 unspecified atom stereocenters. The van der Waals surface area contributed by atoms with Gasteiger partial charge in [-0.25, -0.2) is 0 Å². The number of amides is 2. The fourth-order valence-corrected chi connectivity index (χ4v) is 2.16. The summed E-state index contributed by atoms with van der Waals surface area (Å²) >= 11 is 0. The Balaban J connectivity index is 2.58. The van der Waals surface area contributed by atoms with Gasteiger partial charge in [0, 0.05) is 6.54 Å². The number of rotatable bonds is 6. The van der Waals surface area contributed by atoms with Crippen LogP contribution in [0.3, 0.4) is 0 Å². The van der Waals surface area contributed by atoms with E-state index in [4.69, 9.17) is 5.11 Å². The summed E-state index contributed by atoms with van der Waals surface area (Å²) in [7, 11) is 0. The Morgan fingerprint density at radius 1 is 1.25 bits per heavy atom. The van der Waals surface area contributed by atoms with E-state index in [0.717, 1.165) is 6.42 Å². The molecule has 6 nitrogen and oxygen atoms in total. The first-order valence-electron chi connectivity index (χ1n) is 6.93. The molecule has 0 saturated heterocycles. The van der Waals surface area contributed by atoms with E-state index in [1.807, 2.05) is 13.0 Å². The van der Waals surface area contributed by atoms with Crippen molar-refractivity contribution < 1.29 is 19.5 Å². The Hall–Kier alpha value is -1.85. The molecule has 1 aliphatic rings. The third-order valence-electron chi connectivity index (χ3n) is 3.39. The normalized spacial score (nSPS) is 22.9. The van der Waals surface area contributed by atoms with Crippen LogP contribution in [-0.2, 0) is 14.4 Å². The SMILES string of the molecule is CCCNC(=O)C(C)NC(=O)C1CC=CCC1C(=O)O. The lowest BCUT2D eigenvalue weighted by molar-refractivity contribution is -0.147.